The van der Waals surface area contributed by atoms with Gasteiger partial charge in [0.1, 0.15) is 5.75 Å². The van der Waals surface area contributed by atoms with Crippen LogP contribution in [0.25, 0.3) is 11.4 Å². The maximum Gasteiger partial charge on any atom is 0.387 e. The minimum atomic E-state index is -2.90. The molecule has 3 aromatic rings. The van der Waals surface area contributed by atoms with Gasteiger partial charge in [0, 0.05) is 12.3 Å². The van der Waals surface area contributed by atoms with Gasteiger partial charge in [0.05, 0.1) is 19.8 Å². The van der Waals surface area contributed by atoms with Crippen LogP contribution in [0.2, 0.25) is 0 Å². The van der Waals surface area contributed by atoms with Gasteiger partial charge in [-0.25, -0.2) is 0 Å². The number of ether oxygens (including phenoxy) is 3. The van der Waals surface area contributed by atoms with Crippen molar-refractivity contribution < 1.29 is 23.0 Å². The number of methoxy groups -OCH3 is 2. The molecule has 0 saturated heterocycles. The highest BCUT2D eigenvalue weighted by Gasteiger charge is 2.17. The Bertz CT molecular complexity index is 966. The molecule has 1 heterocycles. The molecule has 29 heavy (non-hydrogen) atoms. The first kappa shape index (κ1) is 20.9. The van der Waals surface area contributed by atoms with Crippen LogP contribution in [0, 0.1) is 0 Å². The van der Waals surface area contributed by atoms with Crippen molar-refractivity contribution in [1.29, 1.82) is 0 Å². The average molecular weight is 421 g/mol. The molecular weight excluding hydrogens is 400 g/mol. The second kappa shape index (κ2) is 9.60. The number of para-hydroxylation sites is 1. The number of alkyl halides is 2. The summed E-state index contributed by atoms with van der Waals surface area (Å²) >= 11 is 1.50. The molecule has 0 aliphatic rings. The van der Waals surface area contributed by atoms with E-state index >= 15 is 0 Å². The molecule has 0 spiro atoms. The molecule has 9 heteroatoms. The van der Waals surface area contributed by atoms with Crippen LogP contribution >= 0.6 is 11.8 Å². The Balaban J connectivity index is 1.80. The number of thioether (sulfide) groups is 1. The SMILES string of the molecule is CCn1c(SCc2ccc(OC(F)F)c(OC)c2)nnc1-c1ccccc1OC. The molecule has 0 radical (unpaired) electrons. The summed E-state index contributed by atoms with van der Waals surface area (Å²) in [5.74, 6) is 2.28. The maximum absolute atomic E-state index is 12.5. The van der Waals surface area contributed by atoms with Crippen LogP contribution in [0.1, 0.15) is 12.5 Å². The molecule has 0 saturated carbocycles. The summed E-state index contributed by atoms with van der Waals surface area (Å²) in [5, 5.41) is 9.41. The Kier molecular flexibility index (Phi) is 6.92. The van der Waals surface area contributed by atoms with Gasteiger partial charge in [-0.1, -0.05) is 30.0 Å². The van der Waals surface area contributed by atoms with Gasteiger partial charge in [0.15, 0.2) is 22.5 Å². The Morgan fingerprint density at radius 2 is 1.76 bits per heavy atom. The molecule has 2 aromatic carbocycles. The highest BCUT2D eigenvalue weighted by molar-refractivity contribution is 7.98. The van der Waals surface area contributed by atoms with Crippen molar-refractivity contribution in [3.05, 3.63) is 48.0 Å². The van der Waals surface area contributed by atoms with E-state index in [1.807, 2.05) is 35.8 Å². The smallest absolute Gasteiger partial charge is 0.387 e. The van der Waals surface area contributed by atoms with Crippen molar-refractivity contribution in [3.63, 3.8) is 0 Å². The molecule has 1 aromatic heterocycles. The number of hydrogen-bond acceptors (Lipinski definition) is 6. The van der Waals surface area contributed by atoms with E-state index in [9.17, 15) is 8.78 Å². The normalized spacial score (nSPS) is 11.0. The van der Waals surface area contributed by atoms with E-state index in [0.717, 1.165) is 27.9 Å². The Labute approximate surface area is 171 Å². The second-order valence-corrected chi connectivity index (χ2v) is 6.85. The number of nitrogens with zero attached hydrogens (tertiary/aromatic N) is 3. The lowest BCUT2D eigenvalue weighted by Crippen LogP contribution is -2.04. The number of rotatable bonds is 9. The van der Waals surface area contributed by atoms with Crippen molar-refractivity contribution >= 4 is 11.8 Å². The average Bonchev–Trinajstić information content (AvgIpc) is 3.15. The van der Waals surface area contributed by atoms with Crippen molar-refractivity contribution in [2.45, 2.75) is 31.0 Å². The summed E-state index contributed by atoms with van der Waals surface area (Å²) in [7, 11) is 3.04. The zero-order chi connectivity index (χ0) is 20.8. The maximum atomic E-state index is 12.5. The topological polar surface area (TPSA) is 58.4 Å². The minimum absolute atomic E-state index is 0.00596. The van der Waals surface area contributed by atoms with Crippen LogP contribution < -0.4 is 14.2 Å². The monoisotopic (exact) mass is 421 g/mol. The molecule has 0 bridgehead atoms. The summed E-state index contributed by atoms with van der Waals surface area (Å²) in [4.78, 5) is 0. The zero-order valence-corrected chi connectivity index (χ0v) is 17.1. The van der Waals surface area contributed by atoms with Gasteiger partial charge >= 0.3 is 6.61 Å². The number of halogens is 2. The summed E-state index contributed by atoms with van der Waals surface area (Å²) in [6.07, 6.45) is 0. The van der Waals surface area contributed by atoms with E-state index in [1.54, 1.807) is 19.2 Å². The van der Waals surface area contributed by atoms with Crippen LogP contribution in [0.3, 0.4) is 0 Å². The highest BCUT2D eigenvalue weighted by Crippen LogP contribution is 2.34. The Morgan fingerprint density at radius 3 is 2.45 bits per heavy atom. The van der Waals surface area contributed by atoms with E-state index in [4.69, 9.17) is 9.47 Å². The fourth-order valence-corrected chi connectivity index (χ4v) is 3.80. The first-order valence-electron chi connectivity index (χ1n) is 8.88. The summed E-state index contributed by atoms with van der Waals surface area (Å²) in [6, 6.07) is 12.5. The lowest BCUT2D eigenvalue weighted by atomic mass is 10.2. The van der Waals surface area contributed by atoms with Crippen LogP contribution in [0.5, 0.6) is 17.2 Å². The predicted octanol–water partition coefficient (Wildman–Crippen LogP) is 4.88. The molecule has 0 N–H and O–H groups in total. The highest BCUT2D eigenvalue weighted by atomic mass is 32.2. The van der Waals surface area contributed by atoms with Crippen molar-refractivity contribution in [2.24, 2.45) is 0 Å². The molecule has 0 atom stereocenters. The fourth-order valence-electron chi connectivity index (χ4n) is 2.85. The number of hydrogen-bond donors (Lipinski definition) is 0. The van der Waals surface area contributed by atoms with Gasteiger partial charge in [-0.05, 0) is 36.8 Å². The third-order valence-electron chi connectivity index (χ3n) is 4.19. The van der Waals surface area contributed by atoms with Crippen molar-refractivity contribution in [1.82, 2.24) is 14.8 Å². The van der Waals surface area contributed by atoms with Crippen molar-refractivity contribution in [3.8, 4) is 28.6 Å². The van der Waals surface area contributed by atoms with E-state index < -0.39 is 6.61 Å². The largest absolute Gasteiger partial charge is 0.496 e. The lowest BCUT2D eigenvalue weighted by molar-refractivity contribution is -0.0512. The number of aromatic nitrogens is 3. The molecule has 3 rings (SSSR count). The molecule has 0 aliphatic heterocycles. The van der Waals surface area contributed by atoms with Crippen LogP contribution in [-0.2, 0) is 12.3 Å². The van der Waals surface area contributed by atoms with Gasteiger partial charge in [0.25, 0.3) is 0 Å². The van der Waals surface area contributed by atoms with Crippen molar-refractivity contribution in [2.75, 3.05) is 14.2 Å². The Hall–Kier alpha value is -2.81. The summed E-state index contributed by atoms with van der Waals surface area (Å²) in [6.45, 7) is -0.195. The van der Waals surface area contributed by atoms with E-state index in [2.05, 4.69) is 14.9 Å². The lowest BCUT2D eigenvalue weighted by Gasteiger charge is -2.12. The van der Waals surface area contributed by atoms with Crippen LogP contribution in [0.4, 0.5) is 8.78 Å². The minimum Gasteiger partial charge on any atom is -0.496 e. The van der Waals surface area contributed by atoms with Crippen LogP contribution in [0.15, 0.2) is 47.6 Å². The van der Waals surface area contributed by atoms with E-state index in [-0.39, 0.29) is 11.5 Å². The molecule has 6 nitrogen and oxygen atoms in total. The van der Waals surface area contributed by atoms with E-state index in [0.29, 0.717) is 12.3 Å². The van der Waals surface area contributed by atoms with Gasteiger partial charge in [-0.2, -0.15) is 8.78 Å². The summed E-state index contributed by atoms with van der Waals surface area (Å²) < 4.78 is 42.0. The zero-order valence-electron chi connectivity index (χ0n) is 16.3. The third kappa shape index (κ3) is 4.79. The molecule has 0 unspecified atom stereocenters. The van der Waals surface area contributed by atoms with Gasteiger partial charge in [0.2, 0.25) is 0 Å². The van der Waals surface area contributed by atoms with E-state index in [1.165, 1.54) is 24.9 Å². The fraction of sp³-hybridized carbons (Fsp3) is 0.300. The third-order valence-corrected chi connectivity index (χ3v) is 5.23. The second-order valence-electron chi connectivity index (χ2n) is 5.90. The molecule has 0 fully saturated rings. The standard InChI is InChI=1S/C20H21F2N3O3S/c1-4-25-18(14-7-5-6-8-15(14)26-2)23-24-20(25)29-12-13-9-10-16(28-19(21)22)17(11-13)27-3/h5-11,19H,4,12H2,1-3H3. The molecule has 154 valence electrons. The van der Waals surface area contributed by atoms with Gasteiger partial charge < -0.3 is 18.8 Å². The van der Waals surface area contributed by atoms with Gasteiger partial charge in [-0.3, -0.25) is 0 Å². The molecular formula is C20H21F2N3O3S. The first-order valence-corrected chi connectivity index (χ1v) is 9.87. The van der Waals surface area contributed by atoms with Gasteiger partial charge in [-0.15, -0.1) is 10.2 Å². The first-order chi connectivity index (χ1) is 14.1. The predicted molar refractivity (Wildman–Crippen MR) is 107 cm³/mol. The molecule has 0 aliphatic carbocycles. The summed E-state index contributed by atoms with van der Waals surface area (Å²) in [5.41, 5.74) is 1.75. The Morgan fingerprint density at radius 1 is 1.00 bits per heavy atom. The number of benzene rings is 2. The molecule has 0 amide bonds. The van der Waals surface area contributed by atoms with Crippen LogP contribution in [-0.4, -0.2) is 35.6 Å². The quantitative estimate of drug-likeness (QED) is 0.459.